The van der Waals surface area contributed by atoms with E-state index in [-0.39, 0.29) is 0 Å². The lowest BCUT2D eigenvalue weighted by atomic mass is 9.76. The van der Waals surface area contributed by atoms with Gasteiger partial charge >= 0.3 is 0 Å². The highest BCUT2D eigenvalue weighted by Gasteiger charge is 2.25. The highest BCUT2D eigenvalue weighted by molar-refractivity contribution is 4.76. The summed E-state index contributed by atoms with van der Waals surface area (Å²) in [6.45, 7) is 5.01. The Labute approximate surface area is 102 Å². The predicted octanol–water partition coefficient (Wildman–Crippen LogP) is 5.42. The van der Waals surface area contributed by atoms with E-state index in [0.29, 0.717) is 0 Å². The number of rotatable bonds is 4. The fourth-order valence-corrected chi connectivity index (χ4v) is 4.06. The van der Waals surface area contributed by atoms with Crippen LogP contribution in [-0.2, 0) is 0 Å². The lowest BCUT2D eigenvalue weighted by Gasteiger charge is -2.30. The molecule has 2 fully saturated rings. The molecule has 0 radical (unpaired) electrons. The molecule has 2 rings (SSSR count). The van der Waals surface area contributed by atoms with Crippen LogP contribution < -0.4 is 0 Å². The molecule has 3 atom stereocenters. The van der Waals surface area contributed by atoms with Crippen molar-refractivity contribution in [3.05, 3.63) is 0 Å². The van der Waals surface area contributed by atoms with Gasteiger partial charge in [0.05, 0.1) is 0 Å². The van der Waals surface area contributed by atoms with Crippen molar-refractivity contribution < 1.29 is 0 Å². The molecule has 0 saturated heterocycles. The zero-order valence-corrected chi connectivity index (χ0v) is 11.4. The molecule has 0 aromatic rings. The van der Waals surface area contributed by atoms with Gasteiger partial charge < -0.3 is 0 Å². The van der Waals surface area contributed by atoms with Gasteiger partial charge in [0.25, 0.3) is 0 Å². The van der Waals surface area contributed by atoms with Gasteiger partial charge in [0, 0.05) is 0 Å². The average Bonchev–Trinajstić information content (AvgIpc) is 2.81. The first-order chi connectivity index (χ1) is 7.77. The molecular formula is C16H30. The standard InChI is InChI=1S/C16H30/c1-13-7-3-4-10-16(13)12-11-14(2)15-8-5-6-9-15/h13-16H,3-12H2,1-2H3. The van der Waals surface area contributed by atoms with Crippen molar-refractivity contribution in [2.24, 2.45) is 23.7 Å². The molecule has 0 amide bonds. The lowest BCUT2D eigenvalue weighted by Crippen LogP contribution is -2.18. The third-order valence-electron chi connectivity index (χ3n) is 5.49. The van der Waals surface area contributed by atoms with Crippen LogP contribution in [0.3, 0.4) is 0 Å². The zero-order valence-electron chi connectivity index (χ0n) is 11.4. The van der Waals surface area contributed by atoms with E-state index in [1.165, 1.54) is 64.2 Å². The first-order valence-electron chi connectivity index (χ1n) is 7.77. The van der Waals surface area contributed by atoms with Gasteiger partial charge in [0.15, 0.2) is 0 Å². The molecule has 0 spiro atoms. The maximum Gasteiger partial charge on any atom is -0.0388 e. The molecular weight excluding hydrogens is 192 g/mol. The van der Waals surface area contributed by atoms with Crippen molar-refractivity contribution in [1.29, 1.82) is 0 Å². The summed E-state index contributed by atoms with van der Waals surface area (Å²) in [5.41, 5.74) is 0. The normalized spacial score (nSPS) is 34.1. The Hall–Kier alpha value is 0. The van der Waals surface area contributed by atoms with E-state index in [4.69, 9.17) is 0 Å². The van der Waals surface area contributed by atoms with Crippen molar-refractivity contribution in [2.45, 2.75) is 78.1 Å². The lowest BCUT2D eigenvalue weighted by molar-refractivity contribution is 0.214. The molecule has 16 heavy (non-hydrogen) atoms. The monoisotopic (exact) mass is 222 g/mol. The minimum Gasteiger partial charge on any atom is -0.0622 e. The summed E-state index contributed by atoms with van der Waals surface area (Å²) < 4.78 is 0. The van der Waals surface area contributed by atoms with Crippen LogP contribution in [0, 0.1) is 23.7 Å². The highest BCUT2D eigenvalue weighted by atomic mass is 14.3. The first kappa shape index (κ1) is 12.5. The maximum atomic E-state index is 2.52. The Morgan fingerprint density at radius 3 is 2.25 bits per heavy atom. The summed E-state index contributed by atoms with van der Waals surface area (Å²) in [7, 11) is 0. The van der Waals surface area contributed by atoms with E-state index in [1.807, 2.05) is 0 Å². The van der Waals surface area contributed by atoms with Crippen LogP contribution in [0.2, 0.25) is 0 Å². The van der Waals surface area contributed by atoms with E-state index in [1.54, 1.807) is 0 Å². The van der Waals surface area contributed by atoms with Crippen molar-refractivity contribution in [3.63, 3.8) is 0 Å². The molecule has 0 nitrogen and oxygen atoms in total. The summed E-state index contributed by atoms with van der Waals surface area (Å²) >= 11 is 0. The van der Waals surface area contributed by atoms with Crippen LogP contribution in [0.1, 0.15) is 78.1 Å². The Balaban J connectivity index is 1.69. The minimum atomic E-state index is 1.01. The SMILES string of the molecule is CC(CCC1CCCCC1C)C1CCCC1. The van der Waals surface area contributed by atoms with Crippen LogP contribution in [0.25, 0.3) is 0 Å². The topological polar surface area (TPSA) is 0 Å². The number of hydrogen-bond acceptors (Lipinski definition) is 0. The van der Waals surface area contributed by atoms with Gasteiger partial charge in [-0.25, -0.2) is 0 Å². The van der Waals surface area contributed by atoms with Crippen molar-refractivity contribution in [1.82, 2.24) is 0 Å². The van der Waals surface area contributed by atoms with Gasteiger partial charge in [-0.2, -0.15) is 0 Å². The summed E-state index contributed by atoms with van der Waals surface area (Å²) in [6, 6.07) is 0. The van der Waals surface area contributed by atoms with Crippen LogP contribution in [0.4, 0.5) is 0 Å². The van der Waals surface area contributed by atoms with E-state index in [2.05, 4.69) is 13.8 Å². The number of hydrogen-bond donors (Lipinski definition) is 0. The molecule has 0 aliphatic heterocycles. The van der Waals surface area contributed by atoms with E-state index < -0.39 is 0 Å². The molecule has 0 heteroatoms. The van der Waals surface area contributed by atoms with E-state index in [9.17, 15) is 0 Å². The molecule has 2 aliphatic carbocycles. The molecule has 94 valence electrons. The second-order valence-electron chi connectivity index (χ2n) is 6.62. The van der Waals surface area contributed by atoms with Crippen molar-refractivity contribution in [2.75, 3.05) is 0 Å². The van der Waals surface area contributed by atoms with Gasteiger partial charge in [0.1, 0.15) is 0 Å². The van der Waals surface area contributed by atoms with Crippen LogP contribution in [-0.4, -0.2) is 0 Å². The smallest absolute Gasteiger partial charge is 0.0388 e. The highest BCUT2D eigenvalue weighted by Crippen LogP contribution is 2.37. The molecule has 0 aromatic heterocycles. The third kappa shape index (κ3) is 3.25. The van der Waals surface area contributed by atoms with Crippen molar-refractivity contribution in [3.8, 4) is 0 Å². The van der Waals surface area contributed by atoms with E-state index in [0.717, 1.165) is 23.7 Å². The van der Waals surface area contributed by atoms with Crippen LogP contribution in [0.15, 0.2) is 0 Å². The molecule has 0 aromatic carbocycles. The fourth-order valence-electron chi connectivity index (χ4n) is 4.06. The average molecular weight is 222 g/mol. The summed E-state index contributed by atoms with van der Waals surface area (Å²) in [5.74, 6) is 4.18. The van der Waals surface area contributed by atoms with Gasteiger partial charge in [-0.15, -0.1) is 0 Å². The molecule has 3 unspecified atom stereocenters. The van der Waals surface area contributed by atoms with E-state index >= 15 is 0 Å². The molecule has 0 heterocycles. The first-order valence-corrected chi connectivity index (χ1v) is 7.77. The molecule has 0 N–H and O–H groups in total. The minimum absolute atomic E-state index is 1.01. The Morgan fingerprint density at radius 1 is 0.938 bits per heavy atom. The van der Waals surface area contributed by atoms with Gasteiger partial charge in [-0.05, 0) is 30.1 Å². The molecule has 2 saturated carbocycles. The Morgan fingerprint density at radius 2 is 1.56 bits per heavy atom. The second kappa shape index (κ2) is 6.07. The Bertz CT molecular complexity index is 190. The Kier molecular flexibility index (Phi) is 4.73. The summed E-state index contributed by atoms with van der Waals surface area (Å²) in [6.07, 6.45) is 15.1. The molecule has 2 aliphatic rings. The fraction of sp³-hybridized carbons (Fsp3) is 1.00. The maximum absolute atomic E-state index is 2.52. The third-order valence-corrected chi connectivity index (χ3v) is 5.49. The predicted molar refractivity (Wildman–Crippen MR) is 71.5 cm³/mol. The van der Waals surface area contributed by atoms with Crippen LogP contribution >= 0.6 is 0 Å². The summed E-state index contributed by atoms with van der Waals surface area (Å²) in [4.78, 5) is 0. The quantitative estimate of drug-likeness (QED) is 0.596. The van der Waals surface area contributed by atoms with Gasteiger partial charge in [-0.1, -0.05) is 71.6 Å². The van der Waals surface area contributed by atoms with Crippen LogP contribution in [0.5, 0.6) is 0 Å². The second-order valence-corrected chi connectivity index (χ2v) is 6.62. The largest absolute Gasteiger partial charge is 0.0622 e. The van der Waals surface area contributed by atoms with Gasteiger partial charge in [0.2, 0.25) is 0 Å². The van der Waals surface area contributed by atoms with Gasteiger partial charge in [-0.3, -0.25) is 0 Å². The zero-order chi connectivity index (χ0) is 11.4. The van der Waals surface area contributed by atoms with Crippen molar-refractivity contribution >= 4 is 0 Å². The molecule has 0 bridgehead atoms. The summed E-state index contributed by atoms with van der Waals surface area (Å²) in [5, 5.41) is 0.